The number of nitrogens with zero attached hydrogens (tertiary/aromatic N) is 1. The summed E-state index contributed by atoms with van der Waals surface area (Å²) in [6, 6.07) is 21.7. The minimum absolute atomic E-state index is 0.00964. The van der Waals surface area contributed by atoms with Crippen molar-refractivity contribution in [2.45, 2.75) is 13.0 Å². The number of hydrogen-bond donors (Lipinski definition) is 1. The molecule has 0 saturated heterocycles. The number of anilines is 1. The topological polar surface area (TPSA) is 58.6 Å². The normalized spacial score (nSPS) is 13.2. The van der Waals surface area contributed by atoms with Gasteiger partial charge in [-0.05, 0) is 34.5 Å². The van der Waals surface area contributed by atoms with E-state index in [-0.39, 0.29) is 24.8 Å². The van der Waals surface area contributed by atoms with Crippen LogP contribution in [0.25, 0.3) is 10.8 Å². The molecule has 1 aliphatic rings. The smallest absolute Gasteiger partial charge is 0.265 e. The molecule has 0 unspecified atom stereocenters. The maximum absolute atomic E-state index is 12.3. The number of ether oxygens (including phenoxy) is 1. The quantitative estimate of drug-likeness (QED) is 0.760. The lowest BCUT2D eigenvalue weighted by atomic mass is 10.1. The van der Waals surface area contributed by atoms with Crippen LogP contribution in [0.4, 0.5) is 5.69 Å². The number of para-hydroxylation sites is 2. The van der Waals surface area contributed by atoms with Gasteiger partial charge in [0.2, 0.25) is 5.91 Å². The van der Waals surface area contributed by atoms with Gasteiger partial charge < -0.3 is 15.0 Å². The van der Waals surface area contributed by atoms with Crippen molar-refractivity contribution in [3.63, 3.8) is 0 Å². The van der Waals surface area contributed by atoms with Crippen LogP contribution in [0.5, 0.6) is 5.75 Å². The van der Waals surface area contributed by atoms with Gasteiger partial charge in [-0.2, -0.15) is 0 Å². The van der Waals surface area contributed by atoms with Gasteiger partial charge in [-0.1, -0.05) is 48.5 Å². The molecule has 136 valence electrons. The zero-order valence-corrected chi connectivity index (χ0v) is 14.9. The lowest BCUT2D eigenvalue weighted by Crippen LogP contribution is -2.41. The van der Waals surface area contributed by atoms with Crippen LogP contribution in [0.15, 0.2) is 66.7 Å². The highest BCUT2D eigenvalue weighted by atomic mass is 16.5. The Kier molecular flexibility index (Phi) is 4.75. The van der Waals surface area contributed by atoms with E-state index in [9.17, 15) is 9.59 Å². The summed E-state index contributed by atoms with van der Waals surface area (Å²) < 4.78 is 5.42. The molecular formula is C22H20N2O3. The molecule has 3 aromatic carbocycles. The molecule has 0 spiro atoms. The second kappa shape index (κ2) is 7.50. The van der Waals surface area contributed by atoms with E-state index in [2.05, 4.69) is 29.6 Å². The summed E-state index contributed by atoms with van der Waals surface area (Å²) in [6.45, 7) is 0.815. The van der Waals surface area contributed by atoms with E-state index in [1.54, 1.807) is 4.90 Å². The Morgan fingerprint density at radius 3 is 2.67 bits per heavy atom. The van der Waals surface area contributed by atoms with Crippen LogP contribution in [0.1, 0.15) is 12.0 Å². The van der Waals surface area contributed by atoms with Crippen molar-refractivity contribution in [2.75, 3.05) is 18.1 Å². The molecule has 0 saturated carbocycles. The Morgan fingerprint density at radius 2 is 1.78 bits per heavy atom. The number of nitrogens with one attached hydrogen (secondary N) is 1. The van der Waals surface area contributed by atoms with Gasteiger partial charge >= 0.3 is 0 Å². The third-order valence-corrected chi connectivity index (χ3v) is 4.67. The van der Waals surface area contributed by atoms with E-state index < -0.39 is 0 Å². The van der Waals surface area contributed by atoms with E-state index in [0.29, 0.717) is 18.8 Å². The molecule has 0 radical (unpaired) electrons. The second-order valence-corrected chi connectivity index (χ2v) is 6.51. The minimum atomic E-state index is -0.129. The molecule has 1 N–H and O–H groups in total. The van der Waals surface area contributed by atoms with E-state index in [0.717, 1.165) is 16.6 Å². The first-order valence-corrected chi connectivity index (χ1v) is 8.97. The summed E-state index contributed by atoms with van der Waals surface area (Å²) >= 11 is 0. The van der Waals surface area contributed by atoms with Gasteiger partial charge in [0, 0.05) is 19.5 Å². The van der Waals surface area contributed by atoms with Gasteiger partial charge in [0.15, 0.2) is 6.61 Å². The highest BCUT2D eigenvalue weighted by molar-refractivity contribution is 5.98. The summed E-state index contributed by atoms with van der Waals surface area (Å²) in [5.41, 5.74) is 1.77. The third kappa shape index (κ3) is 3.77. The Balaban J connectivity index is 1.35. The Labute approximate surface area is 157 Å². The lowest BCUT2D eigenvalue weighted by Gasteiger charge is -2.29. The van der Waals surface area contributed by atoms with Gasteiger partial charge in [-0.15, -0.1) is 0 Å². The number of hydrogen-bond acceptors (Lipinski definition) is 3. The van der Waals surface area contributed by atoms with Crippen molar-refractivity contribution >= 4 is 28.3 Å². The number of rotatable bonds is 5. The predicted molar refractivity (Wildman–Crippen MR) is 105 cm³/mol. The first-order valence-electron chi connectivity index (χ1n) is 8.97. The van der Waals surface area contributed by atoms with Crippen molar-refractivity contribution in [1.29, 1.82) is 0 Å². The number of amides is 2. The van der Waals surface area contributed by atoms with Gasteiger partial charge in [0.25, 0.3) is 5.91 Å². The van der Waals surface area contributed by atoms with Gasteiger partial charge in [0.1, 0.15) is 5.75 Å². The molecule has 0 bridgehead atoms. The summed E-state index contributed by atoms with van der Waals surface area (Å²) in [4.78, 5) is 26.0. The molecule has 0 fully saturated rings. The molecule has 27 heavy (non-hydrogen) atoms. The van der Waals surface area contributed by atoms with E-state index >= 15 is 0 Å². The van der Waals surface area contributed by atoms with Crippen molar-refractivity contribution in [3.05, 3.63) is 72.3 Å². The number of carbonyl (C=O) groups excluding carboxylic acids is 2. The molecule has 5 nitrogen and oxygen atoms in total. The van der Waals surface area contributed by atoms with Crippen LogP contribution in [0.2, 0.25) is 0 Å². The predicted octanol–water partition coefficient (Wildman–Crippen LogP) is 3.27. The standard InChI is InChI=1S/C22H20N2O3/c25-21(23-14-16-9-10-17-5-1-2-6-18(17)13-16)11-12-24-19-7-3-4-8-20(19)27-15-22(24)26/h1-10,13H,11-12,14-15H2,(H,23,25). The van der Waals surface area contributed by atoms with E-state index in [4.69, 9.17) is 4.74 Å². The molecule has 5 heteroatoms. The average molecular weight is 360 g/mol. The number of benzene rings is 3. The summed E-state index contributed by atoms with van der Waals surface area (Å²) in [6.07, 6.45) is 0.244. The van der Waals surface area contributed by atoms with Gasteiger partial charge in [0.05, 0.1) is 5.69 Å². The van der Waals surface area contributed by atoms with Crippen LogP contribution in [0.3, 0.4) is 0 Å². The SMILES string of the molecule is O=C(CCN1C(=O)COc2ccccc21)NCc1ccc2ccccc2c1. The van der Waals surface area contributed by atoms with Crippen LogP contribution in [-0.2, 0) is 16.1 Å². The first-order chi connectivity index (χ1) is 13.2. The molecule has 1 aliphatic heterocycles. The van der Waals surface area contributed by atoms with Gasteiger partial charge in [-0.3, -0.25) is 9.59 Å². The highest BCUT2D eigenvalue weighted by Gasteiger charge is 2.25. The minimum Gasteiger partial charge on any atom is -0.482 e. The summed E-state index contributed by atoms with van der Waals surface area (Å²) in [5.74, 6) is 0.463. The molecular weight excluding hydrogens is 340 g/mol. The van der Waals surface area contributed by atoms with Crippen molar-refractivity contribution < 1.29 is 14.3 Å². The van der Waals surface area contributed by atoms with E-state index in [1.807, 2.05) is 42.5 Å². The molecule has 0 aromatic heterocycles. The fourth-order valence-electron chi connectivity index (χ4n) is 3.25. The highest BCUT2D eigenvalue weighted by Crippen LogP contribution is 2.31. The lowest BCUT2D eigenvalue weighted by molar-refractivity contribution is -0.122. The third-order valence-electron chi connectivity index (χ3n) is 4.67. The maximum Gasteiger partial charge on any atom is 0.265 e. The van der Waals surface area contributed by atoms with Crippen LogP contribution < -0.4 is 15.0 Å². The van der Waals surface area contributed by atoms with Crippen LogP contribution in [-0.4, -0.2) is 25.0 Å². The Bertz CT molecular complexity index is 1000. The van der Waals surface area contributed by atoms with Crippen molar-refractivity contribution in [2.24, 2.45) is 0 Å². The first kappa shape index (κ1) is 17.1. The summed E-state index contributed by atoms with van der Waals surface area (Å²) in [5, 5.41) is 5.26. The molecule has 1 heterocycles. The number of carbonyl (C=O) groups is 2. The number of fused-ring (bicyclic) bond motifs is 2. The Morgan fingerprint density at radius 1 is 1.00 bits per heavy atom. The van der Waals surface area contributed by atoms with E-state index in [1.165, 1.54) is 5.39 Å². The molecule has 4 rings (SSSR count). The van der Waals surface area contributed by atoms with Gasteiger partial charge in [-0.25, -0.2) is 0 Å². The fraction of sp³-hybridized carbons (Fsp3) is 0.182. The maximum atomic E-state index is 12.3. The average Bonchev–Trinajstić information content (AvgIpc) is 2.71. The molecule has 3 aromatic rings. The van der Waals surface area contributed by atoms with Crippen LogP contribution >= 0.6 is 0 Å². The molecule has 0 atom stereocenters. The largest absolute Gasteiger partial charge is 0.482 e. The zero-order chi connectivity index (χ0) is 18.6. The fourth-order valence-corrected chi connectivity index (χ4v) is 3.25. The van der Waals surface area contributed by atoms with Crippen molar-refractivity contribution in [1.82, 2.24) is 5.32 Å². The Hall–Kier alpha value is -3.34. The monoisotopic (exact) mass is 360 g/mol. The molecule has 0 aliphatic carbocycles. The van der Waals surface area contributed by atoms with Crippen LogP contribution in [0, 0.1) is 0 Å². The zero-order valence-electron chi connectivity index (χ0n) is 14.9. The molecule has 2 amide bonds. The second-order valence-electron chi connectivity index (χ2n) is 6.51. The summed E-state index contributed by atoms with van der Waals surface area (Å²) in [7, 11) is 0. The van der Waals surface area contributed by atoms with Crippen molar-refractivity contribution in [3.8, 4) is 5.75 Å².